The van der Waals surface area contributed by atoms with E-state index in [1.807, 2.05) is 13.8 Å². The zero-order valence-electron chi connectivity index (χ0n) is 15.5. The first-order chi connectivity index (χ1) is 11.7. The number of ketones is 1. The van der Waals surface area contributed by atoms with Gasteiger partial charge in [-0.3, -0.25) is 9.59 Å². The topological polar surface area (TPSA) is 64.6 Å². The maximum atomic E-state index is 11.9. The third-order valence-electron chi connectivity index (χ3n) is 4.62. The molecule has 5 nitrogen and oxygen atoms in total. The van der Waals surface area contributed by atoms with Crippen molar-refractivity contribution in [2.24, 2.45) is 5.92 Å². The molecule has 140 valence electrons. The zero-order chi connectivity index (χ0) is 17.6. The Labute approximate surface area is 146 Å². The average Bonchev–Trinajstić information content (AvgIpc) is 2.60. The molecule has 1 amide bonds. The normalized spacial score (nSPS) is 20.8. The smallest absolute Gasteiger partial charge is 0.220 e. The SMILES string of the molecule is CCOCCCCOCCCC(=O)NC1CCC(C(=O)CC)CC1. The van der Waals surface area contributed by atoms with Gasteiger partial charge in [0.05, 0.1) is 0 Å². The molecule has 0 aromatic carbocycles. The maximum Gasteiger partial charge on any atom is 0.220 e. The summed E-state index contributed by atoms with van der Waals surface area (Å²) in [7, 11) is 0. The Balaban J connectivity index is 1.96. The fourth-order valence-corrected chi connectivity index (χ4v) is 3.14. The average molecular weight is 341 g/mol. The molecule has 0 aromatic rings. The summed E-state index contributed by atoms with van der Waals surface area (Å²) in [5.74, 6) is 0.706. The van der Waals surface area contributed by atoms with E-state index < -0.39 is 0 Å². The van der Waals surface area contributed by atoms with Crippen molar-refractivity contribution in [3.8, 4) is 0 Å². The first-order valence-corrected chi connectivity index (χ1v) is 9.64. The first kappa shape index (κ1) is 21.1. The molecule has 0 heterocycles. The third kappa shape index (κ3) is 9.38. The van der Waals surface area contributed by atoms with Crippen LogP contribution in [0, 0.1) is 5.92 Å². The second-order valence-corrected chi connectivity index (χ2v) is 6.56. The van der Waals surface area contributed by atoms with Crippen LogP contribution in [0.3, 0.4) is 0 Å². The van der Waals surface area contributed by atoms with E-state index in [1.54, 1.807) is 0 Å². The molecule has 5 heteroatoms. The van der Waals surface area contributed by atoms with E-state index in [2.05, 4.69) is 5.32 Å². The molecule has 1 aliphatic rings. The van der Waals surface area contributed by atoms with E-state index in [0.717, 1.165) is 64.8 Å². The van der Waals surface area contributed by atoms with Gasteiger partial charge in [-0.25, -0.2) is 0 Å². The highest BCUT2D eigenvalue weighted by Crippen LogP contribution is 2.25. The molecule has 1 N–H and O–H groups in total. The van der Waals surface area contributed by atoms with Crippen molar-refractivity contribution < 1.29 is 19.1 Å². The van der Waals surface area contributed by atoms with Gasteiger partial charge in [-0.05, 0) is 51.9 Å². The van der Waals surface area contributed by atoms with Crippen LogP contribution < -0.4 is 5.32 Å². The van der Waals surface area contributed by atoms with Crippen molar-refractivity contribution in [2.45, 2.75) is 77.7 Å². The molecular formula is C19H35NO4. The summed E-state index contributed by atoms with van der Waals surface area (Å²) >= 11 is 0. The molecule has 0 aromatic heterocycles. The van der Waals surface area contributed by atoms with Gasteiger partial charge in [0.1, 0.15) is 5.78 Å². The van der Waals surface area contributed by atoms with Gasteiger partial charge in [-0.15, -0.1) is 0 Å². The molecule has 0 unspecified atom stereocenters. The highest BCUT2D eigenvalue weighted by molar-refractivity contribution is 5.80. The fraction of sp³-hybridized carbons (Fsp3) is 0.895. The summed E-state index contributed by atoms with van der Waals surface area (Å²) in [6, 6.07) is 0.248. The van der Waals surface area contributed by atoms with Gasteiger partial charge in [0.25, 0.3) is 0 Å². The van der Waals surface area contributed by atoms with Crippen molar-refractivity contribution in [1.29, 1.82) is 0 Å². The Kier molecular flexibility index (Phi) is 11.7. The van der Waals surface area contributed by atoms with E-state index in [1.165, 1.54) is 0 Å². The lowest BCUT2D eigenvalue weighted by atomic mass is 9.83. The standard InChI is InChI=1S/C19H35NO4/c1-3-18(21)16-9-11-17(12-10-16)20-19(22)8-7-15-24-14-6-5-13-23-4-2/h16-17H,3-15H2,1-2H3,(H,20,22). The fourth-order valence-electron chi connectivity index (χ4n) is 3.14. The Morgan fingerprint density at radius 1 is 0.917 bits per heavy atom. The number of carbonyl (C=O) groups is 2. The first-order valence-electron chi connectivity index (χ1n) is 9.64. The lowest BCUT2D eigenvalue weighted by molar-refractivity contribution is -0.124. The third-order valence-corrected chi connectivity index (χ3v) is 4.62. The number of hydrogen-bond acceptors (Lipinski definition) is 4. The lowest BCUT2D eigenvalue weighted by Gasteiger charge is -2.28. The summed E-state index contributed by atoms with van der Waals surface area (Å²) in [6.07, 6.45) is 7.65. The van der Waals surface area contributed by atoms with Gasteiger partial charge >= 0.3 is 0 Å². The molecule has 0 aliphatic heterocycles. The molecule has 1 rings (SSSR count). The van der Waals surface area contributed by atoms with E-state index in [4.69, 9.17) is 9.47 Å². The van der Waals surface area contributed by atoms with Gasteiger partial charge in [0.2, 0.25) is 5.91 Å². The zero-order valence-corrected chi connectivity index (χ0v) is 15.5. The second-order valence-electron chi connectivity index (χ2n) is 6.56. The Morgan fingerprint density at radius 2 is 1.54 bits per heavy atom. The number of carbonyl (C=O) groups excluding carboxylic acids is 2. The molecule has 1 fully saturated rings. The molecule has 0 atom stereocenters. The number of ether oxygens (including phenoxy) is 2. The van der Waals surface area contributed by atoms with Gasteiger partial charge in [-0.2, -0.15) is 0 Å². The number of unbranched alkanes of at least 4 members (excludes halogenated alkanes) is 1. The Bertz CT molecular complexity index is 351. The quantitative estimate of drug-likeness (QED) is 0.522. The molecule has 0 saturated heterocycles. The van der Waals surface area contributed by atoms with Crippen LogP contribution in [0.1, 0.15) is 71.6 Å². The summed E-state index contributed by atoms with van der Waals surface area (Å²) in [4.78, 5) is 23.6. The summed E-state index contributed by atoms with van der Waals surface area (Å²) in [5, 5.41) is 3.10. The summed E-state index contributed by atoms with van der Waals surface area (Å²) in [5.41, 5.74) is 0. The van der Waals surface area contributed by atoms with Crippen LogP contribution in [0.15, 0.2) is 0 Å². The lowest BCUT2D eigenvalue weighted by Crippen LogP contribution is -2.38. The molecule has 0 radical (unpaired) electrons. The molecule has 0 spiro atoms. The Hall–Kier alpha value is -0.940. The minimum atomic E-state index is 0.111. The van der Waals surface area contributed by atoms with Crippen molar-refractivity contribution in [2.75, 3.05) is 26.4 Å². The molecule has 1 saturated carbocycles. The maximum absolute atomic E-state index is 11.9. The predicted molar refractivity (Wildman–Crippen MR) is 95.0 cm³/mol. The van der Waals surface area contributed by atoms with Gasteiger partial charge < -0.3 is 14.8 Å². The number of rotatable bonds is 13. The van der Waals surface area contributed by atoms with Crippen LogP contribution in [0.2, 0.25) is 0 Å². The highest BCUT2D eigenvalue weighted by Gasteiger charge is 2.25. The van der Waals surface area contributed by atoms with Crippen molar-refractivity contribution in [3.05, 3.63) is 0 Å². The van der Waals surface area contributed by atoms with Crippen LogP contribution in [-0.2, 0) is 19.1 Å². The molecule has 0 bridgehead atoms. The summed E-state index contributed by atoms with van der Waals surface area (Å²) in [6.45, 7) is 6.88. The van der Waals surface area contributed by atoms with Crippen LogP contribution in [0.5, 0.6) is 0 Å². The number of amides is 1. The van der Waals surface area contributed by atoms with Crippen LogP contribution in [0.4, 0.5) is 0 Å². The van der Waals surface area contributed by atoms with Crippen LogP contribution >= 0.6 is 0 Å². The minimum Gasteiger partial charge on any atom is -0.382 e. The van der Waals surface area contributed by atoms with E-state index in [9.17, 15) is 9.59 Å². The van der Waals surface area contributed by atoms with Gasteiger partial charge in [-0.1, -0.05) is 6.92 Å². The van der Waals surface area contributed by atoms with Crippen molar-refractivity contribution in [1.82, 2.24) is 5.32 Å². The highest BCUT2D eigenvalue weighted by atomic mass is 16.5. The molecule has 1 aliphatic carbocycles. The largest absolute Gasteiger partial charge is 0.382 e. The summed E-state index contributed by atoms with van der Waals surface area (Å²) < 4.78 is 10.8. The van der Waals surface area contributed by atoms with Crippen molar-refractivity contribution >= 4 is 11.7 Å². The van der Waals surface area contributed by atoms with Gasteiger partial charge in [0, 0.05) is 51.2 Å². The van der Waals surface area contributed by atoms with Crippen molar-refractivity contribution in [3.63, 3.8) is 0 Å². The molecular weight excluding hydrogens is 306 g/mol. The monoisotopic (exact) mass is 341 g/mol. The number of Topliss-reactive ketones (excluding diaryl/α,β-unsaturated/α-hetero) is 1. The second kappa shape index (κ2) is 13.4. The number of hydrogen-bond donors (Lipinski definition) is 1. The minimum absolute atomic E-state index is 0.111. The van der Waals surface area contributed by atoms with Crippen LogP contribution in [0.25, 0.3) is 0 Å². The van der Waals surface area contributed by atoms with Gasteiger partial charge in [0.15, 0.2) is 0 Å². The van der Waals surface area contributed by atoms with E-state index in [-0.39, 0.29) is 17.9 Å². The number of nitrogens with one attached hydrogen (secondary N) is 1. The molecule has 24 heavy (non-hydrogen) atoms. The Morgan fingerprint density at radius 3 is 2.17 bits per heavy atom. The van der Waals surface area contributed by atoms with Crippen LogP contribution in [-0.4, -0.2) is 44.2 Å². The predicted octanol–water partition coefficient (Wildman–Crippen LogP) is 3.25. The van der Waals surface area contributed by atoms with E-state index in [0.29, 0.717) is 25.2 Å². The van der Waals surface area contributed by atoms with E-state index >= 15 is 0 Å².